The fourth-order valence-corrected chi connectivity index (χ4v) is 2.72. The Morgan fingerprint density at radius 3 is 2.52 bits per heavy atom. The Labute approximate surface area is 147 Å². The van der Waals surface area contributed by atoms with Gasteiger partial charge < -0.3 is 9.64 Å². The molecule has 1 aromatic heterocycles. The van der Waals surface area contributed by atoms with Gasteiger partial charge in [0.1, 0.15) is 0 Å². The van der Waals surface area contributed by atoms with Crippen molar-refractivity contribution in [1.29, 1.82) is 0 Å². The van der Waals surface area contributed by atoms with Crippen LogP contribution in [0.2, 0.25) is 0 Å². The van der Waals surface area contributed by atoms with Crippen LogP contribution in [0, 0.1) is 6.92 Å². The Balaban J connectivity index is 2.31. The lowest BCUT2D eigenvalue weighted by molar-refractivity contribution is -0.144. The largest absolute Gasteiger partial charge is 0.466 e. The molecule has 1 heterocycles. The van der Waals surface area contributed by atoms with E-state index in [9.17, 15) is 9.59 Å². The SMILES string of the molecule is CCOC(=O)C[C@H](C)N(CC)C(=O)c1cc(C)ccc1-n1nccn1. The van der Waals surface area contributed by atoms with Gasteiger partial charge in [-0.15, -0.1) is 0 Å². The highest BCUT2D eigenvalue weighted by Gasteiger charge is 2.25. The fraction of sp³-hybridized carbons (Fsp3) is 0.444. The summed E-state index contributed by atoms with van der Waals surface area (Å²) in [5.74, 6) is -0.463. The first-order chi connectivity index (χ1) is 12.0. The summed E-state index contributed by atoms with van der Waals surface area (Å²) in [7, 11) is 0. The average Bonchev–Trinajstić information content (AvgIpc) is 3.09. The van der Waals surface area contributed by atoms with Gasteiger partial charge in [-0.25, -0.2) is 0 Å². The third-order valence-electron chi connectivity index (χ3n) is 3.92. The molecule has 25 heavy (non-hydrogen) atoms. The lowest BCUT2D eigenvalue weighted by atomic mass is 10.1. The van der Waals surface area contributed by atoms with Gasteiger partial charge in [-0.1, -0.05) is 11.6 Å². The number of esters is 1. The highest BCUT2D eigenvalue weighted by Crippen LogP contribution is 2.19. The van der Waals surface area contributed by atoms with Crippen LogP contribution < -0.4 is 0 Å². The normalized spacial score (nSPS) is 11.8. The van der Waals surface area contributed by atoms with E-state index in [1.807, 2.05) is 39.0 Å². The first-order valence-electron chi connectivity index (χ1n) is 8.41. The summed E-state index contributed by atoms with van der Waals surface area (Å²) in [6.45, 7) is 8.25. The van der Waals surface area contributed by atoms with Crippen LogP contribution in [0.15, 0.2) is 30.6 Å². The monoisotopic (exact) mass is 344 g/mol. The molecule has 2 aromatic rings. The zero-order chi connectivity index (χ0) is 18.4. The molecule has 7 heteroatoms. The predicted molar refractivity (Wildman–Crippen MR) is 93.5 cm³/mol. The number of carbonyl (C=O) groups excluding carboxylic acids is 2. The van der Waals surface area contributed by atoms with Gasteiger partial charge >= 0.3 is 5.97 Å². The molecule has 0 aliphatic carbocycles. The van der Waals surface area contributed by atoms with E-state index in [1.54, 1.807) is 24.2 Å². The van der Waals surface area contributed by atoms with Crippen molar-refractivity contribution < 1.29 is 14.3 Å². The number of benzene rings is 1. The summed E-state index contributed by atoms with van der Waals surface area (Å²) in [5, 5.41) is 8.25. The number of carbonyl (C=O) groups is 2. The first kappa shape index (κ1) is 18.6. The van der Waals surface area contributed by atoms with Gasteiger partial charge in [0.2, 0.25) is 0 Å². The van der Waals surface area contributed by atoms with Crippen LogP contribution in [-0.4, -0.2) is 51.0 Å². The molecule has 0 saturated carbocycles. The van der Waals surface area contributed by atoms with Crippen LogP contribution in [0.4, 0.5) is 0 Å². The average molecular weight is 344 g/mol. The van der Waals surface area contributed by atoms with Gasteiger partial charge in [0.15, 0.2) is 0 Å². The molecule has 0 radical (unpaired) electrons. The van der Waals surface area contributed by atoms with Gasteiger partial charge in [0.25, 0.3) is 5.91 Å². The molecule has 1 atom stereocenters. The van der Waals surface area contributed by atoms with E-state index < -0.39 is 0 Å². The van der Waals surface area contributed by atoms with E-state index in [4.69, 9.17) is 4.74 Å². The van der Waals surface area contributed by atoms with Crippen LogP contribution >= 0.6 is 0 Å². The van der Waals surface area contributed by atoms with Crippen LogP contribution in [0.3, 0.4) is 0 Å². The van der Waals surface area contributed by atoms with Crippen molar-refractivity contribution in [2.75, 3.05) is 13.2 Å². The summed E-state index contributed by atoms with van der Waals surface area (Å²) in [6, 6.07) is 5.29. The van der Waals surface area contributed by atoms with Gasteiger partial charge in [-0.3, -0.25) is 9.59 Å². The minimum atomic E-state index is -0.306. The lowest BCUT2D eigenvalue weighted by Crippen LogP contribution is -2.40. The number of rotatable bonds is 7. The second kappa shape index (κ2) is 8.41. The Morgan fingerprint density at radius 1 is 1.24 bits per heavy atom. The second-order valence-electron chi connectivity index (χ2n) is 5.79. The van der Waals surface area contributed by atoms with Gasteiger partial charge in [-0.05, 0) is 39.8 Å². The summed E-state index contributed by atoms with van der Waals surface area (Å²) >= 11 is 0. The summed E-state index contributed by atoms with van der Waals surface area (Å²) < 4.78 is 4.99. The van der Waals surface area contributed by atoms with Gasteiger partial charge in [-0.2, -0.15) is 15.0 Å². The molecule has 0 spiro atoms. The number of nitrogens with zero attached hydrogens (tertiary/aromatic N) is 4. The number of ether oxygens (including phenoxy) is 1. The maximum Gasteiger partial charge on any atom is 0.307 e. The van der Waals surface area contributed by atoms with Gasteiger partial charge in [0.05, 0.1) is 36.7 Å². The molecule has 0 aliphatic rings. The van der Waals surface area contributed by atoms with E-state index >= 15 is 0 Å². The molecule has 134 valence electrons. The molecular weight excluding hydrogens is 320 g/mol. The fourth-order valence-electron chi connectivity index (χ4n) is 2.72. The molecule has 2 rings (SSSR count). The molecule has 1 amide bonds. The van der Waals surface area contributed by atoms with Crippen molar-refractivity contribution in [2.45, 2.75) is 40.2 Å². The number of aromatic nitrogens is 3. The Morgan fingerprint density at radius 2 is 1.92 bits per heavy atom. The van der Waals surface area contributed by atoms with Crippen LogP contribution in [0.5, 0.6) is 0 Å². The van der Waals surface area contributed by atoms with Crippen molar-refractivity contribution in [3.05, 3.63) is 41.7 Å². The molecule has 0 saturated heterocycles. The van der Waals surface area contributed by atoms with Crippen LogP contribution in [0.1, 0.15) is 43.1 Å². The van der Waals surface area contributed by atoms with Gasteiger partial charge in [0, 0.05) is 12.6 Å². The smallest absolute Gasteiger partial charge is 0.307 e. The standard InChI is InChI=1S/C18H24N4O3/c1-5-21(14(4)12-17(23)25-6-2)18(24)15-11-13(3)7-8-16(15)22-19-9-10-20-22/h7-11,14H,5-6,12H2,1-4H3/t14-/m0/s1. The maximum absolute atomic E-state index is 13.1. The highest BCUT2D eigenvalue weighted by atomic mass is 16.5. The Bertz CT molecular complexity index is 728. The summed E-state index contributed by atoms with van der Waals surface area (Å²) in [6.07, 6.45) is 3.29. The molecule has 0 bridgehead atoms. The molecule has 0 aliphatic heterocycles. The molecular formula is C18H24N4O3. The number of aryl methyl sites for hydroxylation is 1. The van der Waals surface area contributed by atoms with E-state index in [2.05, 4.69) is 10.2 Å². The zero-order valence-electron chi connectivity index (χ0n) is 15.1. The van der Waals surface area contributed by atoms with Crippen molar-refractivity contribution in [2.24, 2.45) is 0 Å². The number of hydrogen-bond acceptors (Lipinski definition) is 5. The molecule has 7 nitrogen and oxygen atoms in total. The van der Waals surface area contributed by atoms with E-state index in [-0.39, 0.29) is 24.3 Å². The molecule has 1 aromatic carbocycles. The van der Waals surface area contributed by atoms with Crippen molar-refractivity contribution in [3.8, 4) is 5.69 Å². The molecule has 0 unspecified atom stereocenters. The molecule has 0 N–H and O–H groups in total. The summed E-state index contributed by atoms with van der Waals surface area (Å²) in [5.41, 5.74) is 2.09. The van der Waals surface area contributed by atoms with Crippen molar-refractivity contribution in [1.82, 2.24) is 19.9 Å². The lowest BCUT2D eigenvalue weighted by Gasteiger charge is -2.28. The summed E-state index contributed by atoms with van der Waals surface area (Å²) in [4.78, 5) is 28.0. The minimum Gasteiger partial charge on any atom is -0.466 e. The predicted octanol–water partition coefficient (Wildman–Crippen LogP) is 2.38. The van der Waals surface area contributed by atoms with Crippen molar-refractivity contribution in [3.63, 3.8) is 0 Å². The molecule has 0 fully saturated rings. The highest BCUT2D eigenvalue weighted by molar-refractivity contribution is 5.98. The Kier molecular flexibility index (Phi) is 6.27. The van der Waals surface area contributed by atoms with Crippen LogP contribution in [-0.2, 0) is 9.53 Å². The van der Waals surface area contributed by atoms with Crippen molar-refractivity contribution >= 4 is 11.9 Å². The maximum atomic E-state index is 13.1. The third kappa shape index (κ3) is 4.43. The minimum absolute atomic E-state index is 0.157. The van der Waals surface area contributed by atoms with E-state index in [0.29, 0.717) is 24.4 Å². The van der Waals surface area contributed by atoms with E-state index in [1.165, 1.54) is 4.80 Å². The van der Waals surface area contributed by atoms with E-state index in [0.717, 1.165) is 5.56 Å². The third-order valence-corrected chi connectivity index (χ3v) is 3.92. The van der Waals surface area contributed by atoms with Crippen LogP contribution in [0.25, 0.3) is 5.69 Å². The first-order valence-corrected chi connectivity index (χ1v) is 8.41. The quantitative estimate of drug-likeness (QED) is 0.721. The number of hydrogen-bond donors (Lipinski definition) is 0. The zero-order valence-corrected chi connectivity index (χ0v) is 15.1. The Hall–Kier alpha value is -2.70. The second-order valence-corrected chi connectivity index (χ2v) is 5.79. The topological polar surface area (TPSA) is 77.3 Å². The number of amides is 1.